The van der Waals surface area contributed by atoms with Crippen LogP contribution in [0.15, 0.2) is 67.8 Å². The summed E-state index contributed by atoms with van der Waals surface area (Å²) in [5.41, 5.74) is 2.50. The molecule has 0 radical (unpaired) electrons. The second kappa shape index (κ2) is 12.2. The fraction of sp³-hybridized carbons (Fsp3) is 0.261. The molecule has 2 aromatic carbocycles. The van der Waals surface area contributed by atoms with E-state index in [0.717, 1.165) is 16.9 Å². The third-order valence-electron chi connectivity index (χ3n) is 4.09. The molecule has 31 heavy (non-hydrogen) atoms. The third-order valence-corrected chi connectivity index (χ3v) is 5.47. The molecule has 0 N–H and O–H groups in total. The highest BCUT2D eigenvalue weighted by atomic mass is 31.2. The molecule has 166 valence electrons. The predicted octanol–water partition coefficient (Wildman–Crippen LogP) is 5.39. The lowest BCUT2D eigenvalue weighted by atomic mass is 10.1. The maximum Gasteiger partial charge on any atom is 0.475 e. The minimum atomic E-state index is -3.86. The van der Waals surface area contributed by atoms with Gasteiger partial charge in [0.2, 0.25) is 0 Å². The molecule has 0 amide bonds. The SMILES string of the molecule is C=CCOP(=O)(OCC=C)OCc1ccc(C)cc1C(=O)OCc1ccc(OC)cc1. The van der Waals surface area contributed by atoms with Crippen LogP contribution < -0.4 is 4.74 Å². The minimum absolute atomic E-state index is 0.0148. The Labute approximate surface area is 182 Å². The Morgan fingerprint density at radius 2 is 1.61 bits per heavy atom. The zero-order chi connectivity index (χ0) is 22.7. The highest BCUT2D eigenvalue weighted by Crippen LogP contribution is 2.50. The number of esters is 1. The molecule has 8 heteroatoms. The van der Waals surface area contributed by atoms with Crippen LogP contribution in [-0.4, -0.2) is 26.3 Å². The quantitative estimate of drug-likeness (QED) is 0.232. The van der Waals surface area contributed by atoms with E-state index >= 15 is 0 Å². The number of phosphoric acid groups is 1. The Morgan fingerprint density at radius 3 is 2.19 bits per heavy atom. The van der Waals surface area contributed by atoms with Crippen molar-refractivity contribution >= 4 is 13.8 Å². The van der Waals surface area contributed by atoms with Gasteiger partial charge in [-0.1, -0.05) is 42.0 Å². The van der Waals surface area contributed by atoms with E-state index in [9.17, 15) is 9.36 Å². The molecule has 0 unspecified atom stereocenters. The Kier molecular flexibility index (Phi) is 9.69. The van der Waals surface area contributed by atoms with Gasteiger partial charge in [0.1, 0.15) is 12.4 Å². The van der Waals surface area contributed by atoms with Gasteiger partial charge in [0.25, 0.3) is 0 Å². The summed E-state index contributed by atoms with van der Waals surface area (Å²) in [4.78, 5) is 12.7. The second-order valence-corrected chi connectivity index (χ2v) is 8.14. The van der Waals surface area contributed by atoms with Crippen molar-refractivity contribution in [2.75, 3.05) is 20.3 Å². The zero-order valence-electron chi connectivity index (χ0n) is 17.7. The van der Waals surface area contributed by atoms with Gasteiger partial charge in [-0.25, -0.2) is 9.36 Å². The number of hydrogen-bond acceptors (Lipinski definition) is 7. The molecule has 0 aliphatic rings. The molecule has 0 aliphatic carbocycles. The molecule has 0 bridgehead atoms. The Hall–Kier alpha value is -2.70. The highest BCUT2D eigenvalue weighted by Gasteiger charge is 2.27. The van der Waals surface area contributed by atoms with Crippen molar-refractivity contribution in [3.05, 3.63) is 90.0 Å². The van der Waals surface area contributed by atoms with Crippen LogP contribution in [-0.2, 0) is 36.1 Å². The van der Waals surface area contributed by atoms with Crippen molar-refractivity contribution in [3.8, 4) is 5.75 Å². The minimum Gasteiger partial charge on any atom is -0.497 e. The molecule has 0 aliphatic heterocycles. The molecule has 0 saturated carbocycles. The number of aryl methyl sites for hydroxylation is 1. The van der Waals surface area contributed by atoms with Crippen LogP contribution in [0.5, 0.6) is 5.75 Å². The molecule has 0 saturated heterocycles. The summed E-state index contributed by atoms with van der Waals surface area (Å²) < 4.78 is 39.1. The number of benzene rings is 2. The maximum atomic E-state index is 12.7. The van der Waals surface area contributed by atoms with Crippen LogP contribution >= 0.6 is 7.82 Å². The number of ether oxygens (including phenoxy) is 2. The van der Waals surface area contributed by atoms with Gasteiger partial charge < -0.3 is 9.47 Å². The maximum absolute atomic E-state index is 12.7. The smallest absolute Gasteiger partial charge is 0.475 e. The van der Waals surface area contributed by atoms with Gasteiger partial charge in [-0.15, -0.1) is 13.2 Å². The Bertz CT molecular complexity index is 921. The topological polar surface area (TPSA) is 80.3 Å². The largest absolute Gasteiger partial charge is 0.497 e. The van der Waals surface area contributed by atoms with Gasteiger partial charge in [-0.05, 0) is 36.2 Å². The van der Waals surface area contributed by atoms with Crippen molar-refractivity contribution in [2.45, 2.75) is 20.1 Å². The molecule has 2 aromatic rings. The first-order valence-electron chi connectivity index (χ1n) is 9.56. The van der Waals surface area contributed by atoms with Gasteiger partial charge >= 0.3 is 13.8 Å². The lowest BCUT2D eigenvalue weighted by Gasteiger charge is -2.18. The fourth-order valence-corrected chi connectivity index (χ4v) is 3.60. The summed E-state index contributed by atoms with van der Waals surface area (Å²) in [5.74, 6) is 0.196. The predicted molar refractivity (Wildman–Crippen MR) is 118 cm³/mol. The molecule has 0 fully saturated rings. The highest BCUT2D eigenvalue weighted by molar-refractivity contribution is 7.48. The number of methoxy groups -OCH3 is 1. The van der Waals surface area contributed by atoms with Crippen LogP contribution in [0.1, 0.15) is 27.0 Å². The molecular formula is C23H27O7P. The summed E-state index contributed by atoms with van der Waals surface area (Å²) in [7, 11) is -2.27. The number of phosphoric ester groups is 1. The van der Waals surface area contributed by atoms with Crippen molar-refractivity contribution < 1.29 is 32.4 Å². The van der Waals surface area contributed by atoms with Gasteiger partial charge in [0.05, 0.1) is 32.5 Å². The normalized spacial score (nSPS) is 11.0. The summed E-state index contributed by atoms with van der Waals surface area (Å²) in [6, 6.07) is 12.4. The first kappa shape index (κ1) is 24.6. The van der Waals surface area contributed by atoms with E-state index < -0.39 is 13.8 Å². The molecular weight excluding hydrogens is 419 g/mol. The van der Waals surface area contributed by atoms with E-state index in [-0.39, 0.29) is 26.4 Å². The molecule has 0 spiro atoms. The molecule has 2 rings (SSSR count). The first-order chi connectivity index (χ1) is 14.9. The van der Waals surface area contributed by atoms with Crippen LogP contribution in [0, 0.1) is 6.92 Å². The number of rotatable bonds is 13. The Balaban J connectivity index is 2.10. The fourth-order valence-electron chi connectivity index (χ4n) is 2.50. The van der Waals surface area contributed by atoms with E-state index in [0.29, 0.717) is 11.1 Å². The summed E-state index contributed by atoms with van der Waals surface area (Å²) in [6.45, 7) is 8.80. The van der Waals surface area contributed by atoms with Crippen LogP contribution in [0.2, 0.25) is 0 Å². The third kappa shape index (κ3) is 7.81. The van der Waals surface area contributed by atoms with Crippen LogP contribution in [0.25, 0.3) is 0 Å². The zero-order valence-corrected chi connectivity index (χ0v) is 18.6. The second-order valence-electron chi connectivity index (χ2n) is 6.47. The molecule has 0 heterocycles. The van der Waals surface area contributed by atoms with Crippen molar-refractivity contribution in [1.29, 1.82) is 0 Å². The average molecular weight is 446 g/mol. The van der Waals surface area contributed by atoms with E-state index in [4.69, 9.17) is 23.0 Å². The van der Waals surface area contributed by atoms with E-state index in [1.807, 2.05) is 25.1 Å². The molecule has 0 aromatic heterocycles. The van der Waals surface area contributed by atoms with Crippen molar-refractivity contribution in [1.82, 2.24) is 0 Å². The Morgan fingerprint density at radius 1 is 0.968 bits per heavy atom. The summed E-state index contributed by atoms with van der Waals surface area (Å²) >= 11 is 0. The van der Waals surface area contributed by atoms with Gasteiger partial charge in [0.15, 0.2) is 0 Å². The lowest BCUT2D eigenvalue weighted by Crippen LogP contribution is -2.10. The average Bonchev–Trinajstić information content (AvgIpc) is 2.79. The summed E-state index contributed by atoms with van der Waals surface area (Å²) in [6.07, 6.45) is 2.86. The van der Waals surface area contributed by atoms with Crippen molar-refractivity contribution in [2.24, 2.45) is 0 Å². The van der Waals surface area contributed by atoms with Crippen LogP contribution in [0.4, 0.5) is 0 Å². The van der Waals surface area contributed by atoms with E-state index in [2.05, 4.69) is 13.2 Å². The van der Waals surface area contributed by atoms with Gasteiger partial charge in [-0.2, -0.15) is 0 Å². The van der Waals surface area contributed by atoms with Crippen LogP contribution in [0.3, 0.4) is 0 Å². The van der Waals surface area contributed by atoms with E-state index in [1.165, 1.54) is 12.2 Å². The first-order valence-corrected chi connectivity index (χ1v) is 11.0. The number of hydrogen-bond donors (Lipinski definition) is 0. The number of carbonyl (C=O) groups excluding carboxylic acids is 1. The molecule has 7 nitrogen and oxygen atoms in total. The van der Waals surface area contributed by atoms with Gasteiger partial charge in [0, 0.05) is 0 Å². The lowest BCUT2D eigenvalue weighted by molar-refractivity contribution is 0.0467. The van der Waals surface area contributed by atoms with E-state index in [1.54, 1.807) is 31.4 Å². The molecule has 0 atom stereocenters. The van der Waals surface area contributed by atoms with Gasteiger partial charge in [-0.3, -0.25) is 13.6 Å². The summed E-state index contributed by atoms with van der Waals surface area (Å²) in [5, 5.41) is 0. The monoisotopic (exact) mass is 446 g/mol. The van der Waals surface area contributed by atoms with Crippen molar-refractivity contribution in [3.63, 3.8) is 0 Å². The number of carbonyl (C=O) groups is 1. The standard InChI is InChI=1S/C23H27O7P/c1-5-13-28-31(25,29-14-6-2)30-17-20-10-7-18(3)15-22(20)23(24)27-16-19-8-11-21(26-4)12-9-19/h5-12,15H,1-2,13-14,16-17H2,3-4H3.